The van der Waals surface area contributed by atoms with Gasteiger partial charge in [0.2, 0.25) is 0 Å². The number of rotatable bonds is 3. The Kier molecular flexibility index (Phi) is 3.57. The Balaban J connectivity index is 1.96. The zero-order chi connectivity index (χ0) is 15.0. The molecule has 0 aliphatic heterocycles. The molecule has 0 bridgehead atoms. The monoisotopic (exact) mass is 314 g/mol. The Labute approximate surface area is 132 Å². The number of hydrogen-bond donors (Lipinski definition) is 2. The molecule has 0 aliphatic rings. The van der Waals surface area contributed by atoms with Crippen LogP contribution in [-0.4, -0.2) is 15.0 Å². The summed E-state index contributed by atoms with van der Waals surface area (Å²) in [7, 11) is 0. The summed E-state index contributed by atoms with van der Waals surface area (Å²) in [6, 6.07) is 9.92. The normalized spacial score (nSPS) is 10.8. The van der Waals surface area contributed by atoms with Crippen LogP contribution in [0.4, 0.5) is 10.9 Å². The third-order valence-electron chi connectivity index (χ3n) is 3.02. The largest absolute Gasteiger partial charge is 0.389 e. The molecule has 0 atom stereocenters. The lowest BCUT2D eigenvalue weighted by Crippen LogP contribution is -2.10. The molecule has 0 aliphatic carbocycles. The average molecular weight is 314 g/mol. The molecule has 3 aromatic rings. The van der Waals surface area contributed by atoms with E-state index in [4.69, 9.17) is 18.0 Å². The fourth-order valence-corrected chi connectivity index (χ4v) is 3.16. The topological polar surface area (TPSA) is 63.8 Å². The lowest BCUT2D eigenvalue weighted by molar-refractivity contribution is 1.19. The molecule has 2 heterocycles. The van der Waals surface area contributed by atoms with Gasteiger partial charge in [0.15, 0.2) is 5.13 Å². The number of aromatic nitrogens is 2. The number of aryl methyl sites for hydroxylation is 2. The van der Waals surface area contributed by atoms with Gasteiger partial charge in [-0.25, -0.2) is 9.97 Å². The molecule has 21 heavy (non-hydrogen) atoms. The highest BCUT2D eigenvalue weighted by Gasteiger charge is 2.07. The minimum atomic E-state index is 0.364. The van der Waals surface area contributed by atoms with E-state index in [0.717, 1.165) is 26.6 Å². The second-order valence-corrected chi connectivity index (χ2v) is 6.33. The van der Waals surface area contributed by atoms with Crippen molar-refractivity contribution in [1.82, 2.24) is 9.97 Å². The molecule has 106 valence electrons. The molecule has 1 aromatic carbocycles. The van der Waals surface area contributed by atoms with Crippen molar-refractivity contribution in [3.05, 3.63) is 47.2 Å². The number of benzene rings is 1. The van der Waals surface area contributed by atoms with Gasteiger partial charge < -0.3 is 11.1 Å². The number of hydrogen-bond acceptors (Lipinski definition) is 5. The van der Waals surface area contributed by atoms with Gasteiger partial charge in [-0.15, -0.1) is 0 Å². The van der Waals surface area contributed by atoms with Crippen molar-refractivity contribution in [3.63, 3.8) is 0 Å². The predicted molar refractivity (Wildman–Crippen MR) is 92.5 cm³/mol. The Hall–Kier alpha value is -2.05. The van der Waals surface area contributed by atoms with Crippen molar-refractivity contribution in [3.8, 4) is 0 Å². The number of nitrogens with zero attached hydrogens (tertiary/aromatic N) is 2. The number of fused-ring (bicyclic) bond motifs is 1. The van der Waals surface area contributed by atoms with E-state index in [1.165, 1.54) is 5.56 Å². The zero-order valence-electron chi connectivity index (χ0n) is 11.7. The van der Waals surface area contributed by atoms with Gasteiger partial charge in [0.1, 0.15) is 10.8 Å². The molecule has 0 fully saturated rings. The summed E-state index contributed by atoms with van der Waals surface area (Å²) in [6.07, 6.45) is 0. The van der Waals surface area contributed by atoms with Crippen molar-refractivity contribution in [2.75, 3.05) is 5.32 Å². The number of thiocarbonyl (C=S) groups is 1. The third-order valence-corrected chi connectivity index (χ3v) is 4.19. The SMILES string of the molecule is Cc1ccc2nc(Nc3cc(C(N)=S)cc(C)n3)sc2c1. The van der Waals surface area contributed by atoms with Gasteiger partial charge in [-0.1, -0.05) is 29.6 Å². The smallest absolute Gasteiger partial charge is 0.189 e. The first-order chi connectivity index (χ1) is 10.0. The molecule has 0 amide bonds. The van der Waals surface area contributed by atoms with E-state index >= 15 is 0 Å². The lowest BCUT2D eigenvalue weighted by Gasteiger charge is -2.06. The third kappa shape index (κ3) is 3.01. The molecule has 0 saturated carbocycles. The van der Waals surface area contributed by atoms with E-state index < -0.39 is 0 Å². The van der Waals surface area contributed by atoms with E-state index in [1.54, 1.807) is 11.3 Å². The fourth-order valence-electron chi connectivity index (χ4n) is 2.07. The van der Waals surface area contributed by atoms with Gasteiger partial charge in [0.05, 0.1) is 10.2 Å². The first kappa shape index (κ1) is 13.9. The number of pyridine rings is 1. The van der Waals surface area contributed by atoms with E-state index in [-0.39, 0.29) is 0 Å². The highest BCUT2D eigenvalue weighted by Crippen LogP contribution is 2.28. The summed E-state index contributed by atoms with van der Waals surface area (Å²) < 4.78 is 1.15. The molecule has 0 saturated heterocycles. The van der Waals surface area contributed by atoms with E-state index in [1.807, 2.05) is 25.1 Å². The van der Waals surface area contributed by atoms with Gasteiger partial charge in [0.25, 0.3) is 0 Å². The highest BCUT2D eigenvalue weighted by molar-refractivity contribution is 7.80. The van der Waals surface area contributed by atoms with E-state index in [0.29, 0.717) is 10.8 Å². The summed E-state index contributed by atoms with van der Waals surface area (Å²) >= 11 is 6.62. The van der Waals surface area contributed by atoms with Gasteiger partial charge in [0, 0.05) is 11.3 Å². The van der Waals surface area contributed by atoms with Crippen LogP contribution in [0.15, 0.2) is 30.3 Å². The van der Waals surface area contributed by atoms with Gasteiger partial charge >= 0.3 is 0 Å². The summed E-state index contributed by atoms with van der Waals surface area (Å²) in [5.41, 5.74) is 9.56. The van der Waals surface area contributed by atoms with Gasteiger partial charge in [-0.3, -0.25) is 0 Å². The summed E-state index contributed by atoms with van der Waals surface area (Å²) in [5, 5.41) is 4.04. The lowest BCUT2D eigenvalue weighted by atomic mass is 10.2. The fraction of sp³-hybridized carbons (Fsp3) is 0.133. The molecular formula is C15H14N4S2. The number of thiazole rings is 1. The summed E-state index contributed by atoms with van der Waals surface area (Å²) in [4.78, 5) is 9.36. The summed E-state index contributed by atoms with van der Waals surface area (Å²) in [6.45, 7) is 3.98. The van der Waals surface area contributed by atoms with Crippen LogP contribution in [0.5, 0.6) is 0 Å². The van der Waals surface area contributed by atoms with Crippen molar-refractivity contribution in [1.29, 1.82) is 0 Å². The molecule has 0 unspecified atom stereocenters. The van der Waals surface area contributed by atoms with Crippen LogP contribution >= 0.6 is 23.6 Å². The van der Waals surface area contributed by atoms with E-state index in [2.05, 4.69) is 34.3 Å². The first-order valence-electron chi connectivity index (χ1n) is 6.44. The number of nitrogens with two attached hydrogens (primary N) is 1. The summed E-state index contributed by atoms with van der Waals surface area (Å²) in [5.74, 6) is 0.702. The maximum atomic E-state index is 5.69. The molecular weight excluding hydrogens is 300 g/mol. The molecule has 2 aromatic heterocycles. The Bertz CT molecular complexity index is 839. The van der Waals surface area contributed by atoms with Crippen molar-refractivity contribution < 1.29 is 0 Å². The van der Waals surface area contributed by atoms with Crippen LogP contribution in [0, 0.1) is 13.8 Å². The molecule has 3 rings (SSSR count). The van der Waals surface area contributed by atoms with Crippen molar-refractivity contribution in [2.24, 2.45) is 5.73 Å². The Morgan fingerprint density at radius 1 is 1.19 bits per heavy atom. The standard InChI is InChI=1S/C15H14N4S2/c1-8-3-4-11-12(5-8)21-15(18-11)19-13-7-10(14(16)20)6-9(2)17-13/h3-7H,1-2H3,(H2,16,20)(H,17,18,19). The molecule has 6 heteroatoms. The highest BCUT2D eigenvalue weighted by atomic mass is 32.1. The van der Waals surface area contributed by atoms with Gasteiger partial charge in [-0.05, 0) is 43.7 Å². The average Bonchev–Trinajstić information content (AvgIpc) is 2.79. The quantitative estimate of drug-likeness (QED) is 0.722. The zero-order valence-corrected chi connectivity index (χ0v) is 13.3. The molecule has 0 radical (unpaired) electrons. The van der Waals surface area contributed by atoms with Crippen molar-refractivity contribution >= 4 is 49.7 Å². The van der Waals surface area contributed by atoms with E-state index in [9.17, 15) is 0 Å². The second kappa shape index (κ2) is 5.38. The Morgan fingerprint density at radius 2 is 2.00 bits per heavy atom. The first-order valence-corrected chi connectivity index (χ1v) is 7.66. The van der Waals surface area contributed by atoms with Crippen LogP contribution in [0.1, 0.15) is 16.8 Å². The van der Waals surface area contributed by atoms with Crippen LogP contribution in [0.25, 0.3) is 10.2 Å². The maximum absolute atomic E-state index is 5.69. The van der Waals surface area contributed by atoms with Crippen LogP contribution in [0.2, 0.25) is 0 Å². The molecule has 4 nitrogen and oxygen atoms in total. The van der Waals surface area contributed by atoms with Crippen LogP contribution in [0.3, 0.4) is 0 Å². The maximum Gasteiger partial charge on any atom is 0.189 e. The number of nitrogens with one attached hydrogen (secondary N) is 1. The number of anilines is 2. The van der Waals surface area contributed by atoms with Crippen LogP contribution < -0.4 is 11.1 Å². The van der Waals surface area contributed by atoms with Crippen LogP contribution in [-0.2, 0) is 0 Å². The minimum Gasteiger partial charge on any atom is -0.389 e. The predicted octanol–water partition coefficient (Wildman–Crippen LogP) is 3.69. The second-order valence-electron chi connectivity index (χ2n) is 4.86. The Morgan fingerprint density at radius 3 is 2.76 bits per heavy atom. The minimum absolute atomic E-state index is 0.364. The van der Waals surface area contributed by atoms with Gasteiger partial charge in [-0.2, -0.15) is 0 Å². The molecule has 0 spiro atoms. The molecule has 3 N–H and O–H groups in total. The van der Waals surface area contributed by atoms with Crippen molar-refractivity contribution in [2.45, 2.75) is 13.8 Å².